The third-order valence-corrected chi connectivity index (χ3v) is 3.57. The summed E-state index contributed by atoms with van der Waals surface area (Å²) in [5, 5.41) is 0. The van der Waals surface area contributed by atoms with Crippen LogP contribution in [0.15, 0.2) is 0 Å². The van der Waals surface area contributed by atoms with Crippen LogP contribution in [0.4, 0.5) is 0 Å². The van der Waals surface area contributed by atoms with Gasteiger partial charge in [0.2, 0.25) is 0 Å². The first-order chi connectivity index (χ1) is 7.31. The van der Waals surface area contributed by atoms with E-state index in [1.165, 1.54) is 0 Å². The zero-order valence-electron chi connectivity index (χ0n) is 11.6. The molecule has 98 valence electrons. The van der Waals surface area contributed by atoms with E-state index in [0.717, 1.165) is 12.8 Å². The molecule has 5 atom stereocenters. The molecule has 0 aliphatic rings. The van der Waals surface area contributed by atoms with Crippen molar-refractivity contribution in [2.24, 2.45) is 35.0 Å². The second kappa shape index (κ2) is 7.25. The van der Waals surface area contributed by atoms with Crippen molar-refractivity contribution >= 4 is 0 Å². The zero-order chi connectivity index (χ0) is 12.9. The average Bonchev–Trinajstić information content (AvgIpc) is 2.17. The monoisotopic (exact) mass is 229 g/mol. The lowest BCUT2D eigenvalue weighted by Crippen LogP contribution is -2.52. The second-order valence-corrected chi connectivity index (χ2v) is 5.69. The van der Waals surface area contributed by atoms with E-state index in [9.17, 15) is 0 Å². The minimum Gasteiger partial charge on any atom is -0.327 e. The van der Waals surface area contributed by atoms with E-state index in [4.69, 9.17) is 17.2 Å². The van der Waals surface area contributed by atoms with Crippen molar-refractivity contribution in [1.82, 2.24) is 0 Å². The van der Waals surface area contributed by atoms with Gasteiger partial charge in [-0.05, 0) is 31.1 Å². The van der Waals surface area contributed by atoms with E-state index in [0.29, 0.717) is 17.8 Å². The normalized spacial score (nSPS) is 21.6. The van der Waals surface area contributed by atoms with Gasteiger partial charge in [0.25, 0.3) is 0 Å². The molecular formula is C13H31N3. The molecule has 0 spiro atoms. The van der Waals surface area contributed by atoms with Crippen LogP contribution in [0.5, 0.6) is 0 Å². The SMILES string of the molecule is CCC(C(N)C(C)N)C(N)C(C)CC(C)C. The van der Waals surface area contributed by atoms with Gasteiger partial charge in [0, 0.05) is 18.1 Å². The Labute approximate surface area is 101 Å². The summed E-state index contributed by atoms with van der Waals surface area (Å²) in [4.78, 5) is 0. The third kappa shape index (κ3) is 4.81. The molecule has 0 aromatic heterocycles. The average molecular weight is 229 g/mol. The molecule has 0 amide bonds. The van der Waals surface area contributed by atoms with Crippen molar-refractivity contribution in [2.75, 3.05) is 0 Å². The molecule has 0 rings (SSSR count). The Morgan fingerprint density at radius 3 is 1.69 bits per heavy atom. The molecule has 0 aromatic carbocycles. The Kier molecular flexibility index (Phi) is 7.20. The first kappa shape index (κ1) is 15.9. The standard InChI is InChI=1S/C13H31N3/c1-6-11(13(16)10(5)14)12(15)9(4)7-8(2)3/h8-13H,6-7,14-16H2,1-5H3. The summed E-state index contributed by atoms with van der Waals surface area (Å²) in [7, 11) is 0. The first-order valence-corrected chi connectivity index (χ1v) is 6.57. The molecule has 0 heterocycles. The van der Waals surface area contributed by atoms with Crippen LogP contribution >= 0.6 is 0 Å². The van der Waals surface area contributed by atoms with Crippen molar-refractivity contribution in [3.05, 3.63) is 0 Å². The van der Waals surface area contributed by atoms with Crippen LogP contribution in [0.2, 0.25) is 0 Å². The molecule has 0 radical (unpaired) electrons. The fraction of sp³-hybridized carbons (Fsp3) is 1.00. The highest BCUT2D eigenvalue weighted by Crippen LogP contribution is 2.23. The van der Waals surface area contributed by atoms with Crippen LogP contribution in [0.3, 0.4) is 0 Å². The van der Waals surface area contributed by atoms with Crippen molar-refractivity contribution in [3.8, 4) is 0 Å². The third-order valence-electron chi connectivity index (χ3n) is 3.57. The quantitative estimate of drug-likeness (QED) is 0.622. The zero-order valence-corrected chi connectivity index (χ0v) is 11.6. The summed E-state index contributed by atoms with van der Waals surface area (Å²) >= 11 is 0. The summed E-state index contributed by atoms with van der Waals surface area (Å²) < 4.78 is 0. The Hall–Kier alpha value is -0.120. The Bertz CT molecular complexity index is 180. The molecule has 3 heteroatoms. The van der Waals surface area contributed by atoms with Crippen LogP contribution < -0.4 is 17.2 Å². The largest absolute Gasteiger partial charge is 0.327 e. The van der Waals surface area contributed by atoms with Crippen molar-refractivity contribution < 1.29 is 0 Å². The Balaban J connectivity index is 4.45. The predicted octanol–water partition coefficient (Wildman–Crippen LogP) is 1.70. The van der Waals surface area contributed by atoms with Crippen molar-refractivity contribution in [1.29, 1.82) is 0 Å². The molecule has 0 bridgehead atoms. The summed E-state index contributed by atoms with van der Waals surface area (Å²) in [6.07, 6.45) is 2.16. The topological polar surface area (TPSA) is 78.1 Å². The fourth-order valence-electron chi connectivity index (χ4n) is 2.51. The maximum atomic E-state index is 6.32. The van der Waals surface area contributed by atoms with E-state index < -0.39 is 0 Å². The van der Waals surface area contributed by atoms with E-state index in [2.05, 4.69) is 27.7 Å². The van der Waals surface area contributed by atoms with Gasteiger partial charge >= 0.3 is 0 Å². The molecule has 3 nitrogen and oxygen atoms in total. The number of rotatable bonds is 7. The second-order valence-electron chi connectivity index (χ2n) is 5.69. The maximum absolute atomic E-state index is 6.32. The smallest absolute Gasteiger partial charge is 0.0233 e. The van der Waals surface area contributed by atoms with Gasteiger partial charge in [-0.1, -0.05) is 34.1 Å². The highest BCUT2D eigenvalue weighted by atomic mass is 14.8. The minimum absolute atomic E-state index is 0.00890. The lowest BCUT2D eigenvalue weighted by molar-refractivity contribution is 0.236. The predicted molar refractivity (Wildman–Crippen MR) is 72.0 cm³/mol. The van der Waals surface area contributed by atoms with Crippen molar-refractivity contribution in [2.45, 2.75) is 65.6 Å². The van der Waals surface area contributed by atoms with Crippen molar-refractivity contribution in [3.63, 3.8) is 0 Å². The number of nitrogens with two attached hydrogens (primary N) is 3. The van der Waals surface area contributed by atoms with Crippen LogP contribution in [-0.4, -0.2) is 18.1 Å². The van der Waals surface area contributed by atoms with Gasteiger partial charge in [0.05, 0.1) is 0 Å². The van der Waals surface area contributed by atoms with Gasteiger partial charge in [-0.15, -0.1) is 0 Å². The highest BCUT2D eigenvalue weighted by Gasteiger charge is 2.29. The summed E-state index contributed by atoms with van der Waals surface area (Å²) in [5.74, 6) is 1.52. The molecule has 0 aliphatic heterocycles. The Morgan fingerprint density at radius 2 is 1.38 bits per heavy atom. The van der Waals surface area contributed by atoms with E-state index in [-0.39, 0.29) is 18.1 Å². The lowest BCUT2D eigenvalue weighted by Gasteiger charge is -2.34. The molecule has 6 N–H and O–H groups in total. The maximum Gasteiger partial charge on any atom is 0.0233 e. The lowest BCUT2D eigenvalue weighted by atomic mass is 9.78. The van der Waals surface area contributed by atoms with Gasteiger partial charge in [-0.2, -0.15) is 0 Å². The molecular weight excluding hydrogens is 198 g/mol. The first-order valence-electron chi connectivity index (χ1n) is 6.57. The van der Waals surface area contributed by atoms with Crippen LogP contribution in [0, 0.1) is 17.8 Å². The van der Waals surface area contributed by atoms with Crippen LogP contribution in [0.25, 0.3) is 0 Å². The Morgan fingerprint density at radius 1 is 0.875 bits per heavy atom. The fourth-order valence-corrected chi connectivity index (χ4v) is 2.51. The van der Waals surface area contributed by atoms with Gasteiger partial charge in [-0.25, -0.2) is 0 Å². The molecule has 5 unspecified atom stereocenters. The molecule has 0 fully saturated rings. The number of hydrogen-bond acceptors (Lipinski definition) is 3. The van der Waals surface area contributed by atoms with Gasteiger partial charge in [0.15, 0.2) is 0 Å². The minimum atomic E-state index is 0.00890. The summed E-state index contributed by atoms with van der Waals surface area (Å²) in [5.41, 5.74) is 18.3. The molecule has 0 saturated carbocycles. The van der Waals surface area contributed by atoms with E-state index >= 15 is 0 Å². The molecule has 0 aliphatic carbocycles. The van der Waals surface area contributed by atoms with Crippen LogP contribution in [-0.2, 0) is 0 Å². The molecule has 0 saturated heterocycles. The van der Waals surface area contributed by atoms with Crippen LogP contribution in [0.1, 0.15) is 47.5 Å². The van der Waals surface area contributed by atoms with Gasteiger partial charge in [-0.3, -0.25) is 0 Å². The number of hydrogen-bond donors (Lipinski definition) is 3. The van der Waals surface area contributed by atoms with E-state index in [1.54, 1.807) is 0 Å². The molecule has 0 aromatic rings. The van der Waals surface area contributed by atoms with Gasteiger partial charge in [0.1, 0.15) is 0 Å². The van der Waals surface area contributed by atoms with Gasteiger partial charge < -0.3 is 17.2 Å². The molecule has 16 heavy (non-hydrogen) atoms. The highest BCUT2D eigenvalue weighted by molar-refractivity contribution is 4.88. The summed E-state index contributed by atoms with van der Waals surface area (Å²) in [6, 6.07) is 0.185. The summed E-state index contributed by atoms with van der Waals surface area (Å²) in [6.45, 7) is 10.8. The van der Waals surface area contributed by atoms with E-state index in [1.807, 2.05) is 6.92 Å².